The van der Waals surface area contributed by atoms with Gasteiger partial charge in [0.05, 0.1) is 12.7 Å². The van der Waals surface area contributed by atoms with Crippen LogP contribution in [0.1, 0.15) is 12.0 Å². The van der Waals surface area contributed by atoms with E-state index in [-0.39, 0.29) is 13.0 Å². The lowest BCUT2D eigenvalue weighted by Crippen LogP contribution is -2.49. The first-order valence-corrected chi connectivity index (χ1v) is 10.7. The van der Waals surface area contributed by atoms with Gasteiger partial charge in [0.1, 0.15) is 12.6 Å². The summed E-state index contributed by atoms with van der Waals surface area (Å²) in [5.74, 6) is -0.918. The monoisotopic (exact) mass is 430 g/mol. The van der Waals surface area contributed by atoms with E-state index in [0.29, 0.717) is 26.2 Å². The summed E-state index contributed by atoms with van der Waals surface area (Å²) in [7, 11) is 0. The lowest BCUT2D eigenvalue weighted by molar-refractivity contribution is -0.154. The molecule has 170 valence electrons. The second-order valence-electron chi connectivity index (χ2n) is 7.15. The Kier molecular flexibility index (Phi) is 12.2. The lowest BCUT2D eigenvalue weighted by Gasteiger charge is -2.30. The summed E-state index contributed by atoms with van der Waals surface area (Å²) in [6.07, 6.45) is 4.27. The zero-order chi connectivity index (χ0) is 22.2. The van der Waals surface area contributed by atoms with E-state index in [0.717, 1.165) is 31.7 Å². The van der Waals surface area contributed by atoms with Gasteiger partial charge in [0, 0.05) is 52.4 Å². The molecule has 1 aromatic carbocycles. The first-order valence-electron chi connectivity index (χ1n) is 10.7. The van der Waals surface area contributed by atoms with Crippen LogP contribution in [0, 0.1) is 0 Å². The Morgan fingerprint density at radius 3 is 2.23 bits per heavy atom. The third-order valence-corrected chi connectivity index (χ3v) is 4.82. The molecule has 1 atom stereocenters. The minimum Gasteiger partial charge on any atom is -0.461 e. The van der Waals surface area contributed by atoms with Crippen molar-refractivity contribution in [1.82, 2.24) is 20.9 Å². The number of nitrogens with one attached hydrogen (secondary N) is 3. The maximum Gasteiger partial charge on any atom is 0.328 e. The van der Waals surface area contributed by atoms with Crippen LogP contribution in [0.25, 0.3) is 0 Å². The van der Waals surface area contributed by atoms with Gasteiger partial charge in [0.2, 0.25) is 0 Å². The normalized spacial score (nSPS) is 17.8. The molecule has 1 aliphatic rings. The van der Waals surface area contributed by atoms with Crippen molar-refractivity contribution >= 4 is 11.9 Å². The van der Waals surface area contributed by atoms with Crippen LogP contribution in [0.4, 0.5) is 0 Å². The van der Waals surface area contributed by atoms with Crippen LogP contribution < -0.4 is 16.0 Å². The van der Waals surface area contributed by atoms with E-state index in [1.807, 2.05) is 35.2 Å². The molecule has 1 heterocycles. The SMILES string of the molecule is C=C/C=C/OC(=O)C(CC(=O)OCc1ccccc1)N1CCNCCNCCNCC1. The number of nitrogens with zero attached hydrogens (tertiary/aromatic N) is 1. The Morgan fingerprint density at radius 2 is 1.61 bits per heavy atom. The predicted molar refractivity (Wildman–Crippen MR) is 120 cm³/mol. The molecule has 0 aliphatic carbocycles. The first-order chi connectivity index (χ1) is 15.2. The van der Waals surface area contributed by atoms with Gasteiger partial charge in [-0.1, -0.05) is 43.0 Å². The number of hydrogen-bond donors (Lipinski definition) is 3. The second kappa shape index (κ2) is 15.3. The maximum absolute atomic E-state index is 12.8. The number of esters is 2. The molecule has 1 aliphatic heterocycles. The zero-order valence-corrected chi connectivity index (χ0v) is 18.1. The summed E-state index contributed by atoms with van der Waals surface area (Å²) in [4.78, 5) is 27.3. The van der Waals surface area contributed by atoms with Gasteiger partial charge in [-0.05, 0) is 11.6 Å². The fourth-order valence-corrected chi connectivity index (χ4v) is 3.15. The quantitative estimate of drug-likeness (QED) is 0.317. The van der Waals surface area contributed by atoms with E-state index in [2.05, 4.69) is 22.5 Å². The highest BCUT2D eigenvalue weighted by Gasteiger charge is 2.30. The van der Waals surface area contributed by atoms with Crippen molar-refractivity contribution in [2.75, 3.05) is 52.4 Å². The van der Waals surface area contributed by atoms with E-state index in [1.54, 1.807) is 0 Å². The average molecular weight is 431 g/mol. The van der Waals surface area contributed by atoms with Crippen molar-refractivity contribution in [3.8, 4) is 0 Å². The highest BCUT2D eigenvalue weighted by Crippen LogP contribution is 2.10. The summed E-state index contributed by atoms with van der Waals surface area (Å²) in [6.45, 7) is 9.80. The summed E-state index contributed by atoms with van der Waals surface area (Å²) < 4.78 is 10.7. The molecular weight excluding hydrogens is 396 g/mol. The average Bonchev–Trinajstić information content (AvgIpc) is 2.77. The van der Waals surface area contributed by atoms with Gasteiger partial charge in [-0.15, -0.1) is 0 Å². The third-order valence-electron chi connectivity index (χ3n) is 4.82. The number of benzene rings is 1. The number of allylic oxidation sites excluding steroid dienone is 2. The summed E-state index contributed by atoms with van der Waals surface area (Å²) in [6, 6.07) is 8.73. The Bertz CT molecular complexity index is 684. The molecule has 8 heteroatoms. The van der Waals surface area contributed by atoms with Crippen LogP contribution in [0.15, 0.2) is 55.3 Å². The highest BCUT2D eigenvalue weighted by atomic mass is 16.5. The van der Waals surface area contributed by atoms with Crippen molar-refractivity contribution in [3.63, 3.8) is 0 Å². The van der Waals surface area contributed by atoms with Crippen LogP contribution >= 0.6 is 0 Å². The number of carbonyl (C=O) groups is 2. The van der Waals surface area contributed by atoms with E-state index in [1.165, 1.54) is 18.4 Å². The topological polar surface area (TPSA) is 91.9 Å². The number of rotatable bonds is 8. The molecule has 1 aromatic rings. The molecule has 0 saturated carbocycles. The summed E-state index contributed by atoms with van der Waals surface area (Å²) in [5, 5.41) is 10.1. The van der Waals surface area contributed by atoms with Crippen molar-refractivity contribution < 1.29 is 19.1 Å². The molecule has 0 spiro atoms. The van der Waals surface area contributed by atoms with Gasteiger partial charge in [0.15, 0.2) is 0 Å². The van der Waals surface area contributed by atoms with Crippen molar-refractivity contribution in [2.45, 2.75) is 19.1 Å². The Hall–Kier alpha value is -2.52. The summed E-state index contributed by atoms with van der Waals surface area (Å²) >= 11 is 0. The molecule has 0 amide bonds. The lowest BCUT2D eigenvalue weighted by atomic mass is 10.1. The molecular formula is C23H34N4O4. The van der Waals surface area contributed by atoms with Gasteiger partial charge < -0.3 is 25.4 Å². The van der Waals surface area contributed by atoms with Gasteiger partial charge in [-0.3, -0.25) is 9.69 Å². The molecule has 0 radical (unpaired) electrons. The molecule has 0 aromatic heterocycles. The van der Waals surface area contributed by atoms with Gasteiger partial charge in [0.25, 0.3) is 0 Å². The van der Waals surface area contributed by atoms with Crippen molar-refractivity contribution in [2.24, 2.45) is 0 Å². The van der Waals surface area contributed by atoms with Crippen LogP contribution in [0.2, 0.25) is 0 Å². The number of ether oxygens (including phenoxy) is 2. The minimum atomic E-state index is -0.734. The van der Waals surface area contributed by atoms with Crippen molar-refractivity contribution in [3.05, 3.63) is 60.9 Å². The minimum absolute atomic E-state index is 0.0743. The van der Waals surface area contributed by atoms with Crippen LogP contribution in [0.5, 0.6) is 0 Å². The molecule has 2 rings (SSSR count). The van der Waals surface area contributed by atoms with E-state index in [9.17, 15) is 9.59 Å². The molecule has 1 saturated heterocycles. The van der Waals surface area contributed by atoms with Gasteiger partial charge in [-0.2, -0.15) is 0 Å². The Morgan fingerprint density at radius 1 is 1.00 bits per heavy atom. The molecule has 0 bridgehead atoms. The fraction of sp³-hybridized carbons (Fsp3) is 0.478. The highest BCUT2D eigenvalue weighted by molar-refractivity contribution is 5.83. The zero-order valence-electron chi connectivity index (χ0n) is 18.1. The number of carbonyl (C=O) groups excluding carboxylic acids is 2. The molecule has 8 nitrogen and oxygen atoms in total. The largest absolute Gasteiger partial charge is 0.461 e. The molecule has 31 heavy (non-hydrogen) atoms. The predicted octanol–water partition coefficient (Wildman–Crippen LogP) is 0.816. The third kappa shape index (κ3) is 10.4. The van der Waals surface area contributed by atoms with Crippen LogP contribution in [-0.4, -0.2) is 75.2 Å². The Labute approximate surface area is 184 Å². The standard InChI is InChI=1S/C23H34N4O4/c1-2-3-17-30-23(29)21(18-22(28)31-19-20-7-5-4-6-8-20)27-15-13-25-11-9-24-10-12-26-14-16-27/h2-8,17,21,24-26H,1,9-16,18-19H2/b17-3+. The first kappa shape index (κ1) is 24.7. The molecule has 1 fully saturated rings. The van der Waals surface area contributed by atoms with E-state index < -0.39 is 18.0 Å². The molecule has 1 unspecified atom stereocenters. The Balaban J connectivity index is 2.02. The van der Waals surface area contributed by atoms with Crippen LogP contribution in [-0.2, 0) is 25.7 Å². The summed E-state index contributed by atoms with van der Waals surface area (Å²) in [5.41, 5.74) is 0.900. The maximum atomic E-state index is 12.8. The van der Waals surface area contributed by atoms with Gasteiger partial charge >= 0.3 is 11.9 Å². The molecule has 3 N–H and O–H groups in total. The smallest absolute Gasteiger partial charge is 0.328 e. The van der Waals surface area contributed by atoms with E-state index in [4.69, 9.17) is 9.47 Å². The van der Waals surface area contributed by atoms with Crippen LogP contribution in [0.3, 0.4) is 0 Å². The van der Waals surface area contributed by atoms with Gasteiger partial charge in [-0.25, -0.2) is 4.79 Å². The second-order valence-corrected chi connectivity index (χ2v) is 7.15. The number of hydrogen-bond acceptors (Lipinski definition) is 8. The van der Waals surface area contributed by atoms with Crippen molar-refractivity contribution in [1.29, 1.82) is 0 Å². The fourth-order valence-electron chi connectivity index (χ4n) is 3.15. The van der Waals surface area contributed by atoms with E-state index >= 15 is 0 Å².